The number of carbonyl (C=O) groups excluding carboxylic acids is 1. The number of hydrogen-bond acceptors (Lipinski definition) is 5. The molecule has 0 aliphatic heterocycles. The number of ether oxygens (including phenoxy) is 2. The van der Waals surface area contributed by atoms with Crippen LogP contribution in [0.1, 0.15) is 24.2 Å². The number of benzene rings is 2. The van der Waals surface area contributed by atoms with E-state index in [2.05, 4.69) is 5.32 Å². The molecule has 0 heterocycles. The highest BCUT2D eigenvalue weighted by molar-refractivity contribution is 7.90. The Labute approximate surface area is 174 Å². The summed E-state index contributed by atoms with van der Waals surface area (Å²) in [6.07, 6.45) is 1.07. The molecular weight excluding hydrogens is 425 g/mol. The Bertz CT molecular complexity index is 990. The van der Waals surface area contributed by atoms with E-state index in [4.69, 9.17) is 32.7 Å². The molecule has 0 radical (unpaired) electrons. The lowest BCUT2D eigenvalue weighted by atomic mass is 10.1. The molecule has 0 spiro atoms. The quantitative estimate of drug-likeness (QED) is 0.667. The zero-order valence-corrected chi connectivity index (χ0v) is 18.2. The molecule has 152 valence electrons. The van der Waals surface area contributed by atoms with Crippen LogP contribution in [0.4, 0.5) is 5.69 Å². The van der Waals surface area contributed by atoms with Gasteiger partial charge in [-0.1, -0.05) is 37.0 Å². The highest BCUT2D eigenvalue weighted by Crippen LogP contribution is 2.37. The Balaban J connectivity index is 2.34. The Morgan fingerprint density at radius 2 is 1.82 bits per heavy atom. The molecule has 0 aliphatic carbocycles. The van der Waals surface area contributed by atoms with Crippen LogP contribution in [0.5, 0.6) is 11.5 Å². The number of rotatable bonds is 7. The van der Waals surface area contributed by atoms with Gasteiger partial charge in [0.2, 0.25) is 0 Å². The Hall–Kier alpha value is -1.96. The van der Waals surface area contributed by atoms with Crippen molar-refractivity contribution in [3.63, 3.8) is 0 Å². The molecule has 0 unspecified atom stereocenters. The molecule has 0 aromatic heterocycles. The average Bonchev–Trinajstić information content (AvgIpc) is 2.60. The molecule has 0 saturated carbocycles. The van der Waals surface area contributed by atoms with E-state index in [1.807, 2.05) is 13.8 Å². The van der Waals surface area contributed by atoms with Gasteiger partial charge in [0.05, 0.1) is 34.3 Å². The molecule has 0 aliphatic rings. The van der Waals surface area contributed by atoms with Gasteiger partial charge in [-0.2, -0.15) is 0 Å². The first-order chi connectivity index (χ1) is 13.0. The van der Waals surface area contributed by atoms with Crippen LogP contribution in [-0.4, -0.2) is 34.3 Å². The third-order valence-corrected chi connectivity index (χ3v) is 5.39. The smallest absolute Gasteiger partial charge is 0.255 e. The van der Waals surface area contributed by atoms with Crippen LogP contribution in [0.3, 0.4) is 0 Å². The summed E-state index contributed by atoms with van der Waals surface area (Å²) in [5.74, 6) is 0.428. The molecule has 6 nitrogen and oxygen atoms in total. The van der Waals surface area contributed by atoms with Gasteiger partial charge in [0.1, 0.15) is 0 Å². The number of halogens is 2. The summed E-state index contributed by atoms with van der Waals surface area (Å²) in [5.41, 5.74) is 0.379. The summed E-state index contributed by atoms with van der Waals surface area (Å²) >= 11 is 12.4. The Kier molecular flexibility index (Phi) is 7.20. The fraction of sp³-hybridized carbons (Fsp3) is 0.316. The van der Waals surface area contributed by atoms with E-state index in [9.17, 15) is 13.2 Å². The van der Waals surface area contributed by atoms with Crippen molar-refractivity contribution in [1.29, 1.82) is 0 Å². The molecule has 9 heteroatoms. The number of sulfone groups is 1. The Morgan fingerprint density at radius 3 is 2.39 bits per heavy atom. The van der Waals surface area contributed by atoms with Crippen molar-refractivity contribution in [2.45, 2.75) is 18.7 Å². The minimum absolute atomic E-state index is 0.0419. The van der Waals surface area contributed by atoms with Crippen LogP contribution in [-0.2, 0) is 9.84 Å². The first-order valence-corrected chi connectivity index (χ1v) is 11.0. The topological polar surface area (TPSA) is 81.7 Å². The predicted molar refractivity (Wildman–Crippen MR) is 111 cm³/mol. The molecule has 0 atom stereocenters. The Morgan fingerprint density at radius 1 is 1.14 bits per heavy atom. The second kappa shape index (κ2) is 9.03. The molecule has 0 fully saturated rings. The summed E-state index contributed by atoms with van der Waals surface area (Å²) in [6.45, 7) is 4.43. The van der Waals surface area contributed by atoms with E-state index in [1.165, 1.54) is 37.4 Å². The molecule has 2 aromatic rings. The molecule has 2 rings (SSSR count). The lowest BCUT2D eigenvalue weighted by molar-refractivity contribution is 0.102. The fourth-order valence-corrected chi connectivity index (χ4v) is 3.34. The summed E-state index contributed by atoms with van der Waals surface area (Å²) in [6, 6.07) is 7.02. The highest BCUT2D eigenvalue weighted by atomic mass is 35.5. The number of methoxy groups -OCH3 is 1. The minimum Gasteiger partial charge on any atom is -0.493 e. The zero-order chi connectivity index (χ0) is 21.1. The van der Waals surface area contributed by atoms with Gasteiger partial charge in [-0.25, -0.2) is 8.42 Å². The van der Waals surface area contributed by atoms with E-state index < -0.39 is 15.7 Å². The summed E-state index contributed by atoms with van der Waals surface area (Å²) in [7, 11) is -2.00. The van der Waals surface area contributed by atoms with E-state index in [1.54, 1.807) is 0 Å². The van der Waals surface area contributed by atoms with Crippen LogP contribution >= 0.6 is 23.2 Å². The van der Waals surface area contributed by atoms with Gasteiger partial charge in [-0.3, -0.25) is 4.79 Å². The van der Waals surface area contributed by atoms with Crippen molar-refractivity contribution in [1.82, 2.24) is 0 Å². The number of anilines is 1. The van der Waals surface area contributed by atoms with E-state index >= 15 is 0 Å². The van der Waals surface area contributed by atoms with Crippen molar-refractivity contribution in [3.05, 3.63) is 45.9 Å². The van der Waals surface area contributed by atoms with Gasteiger partial charge in [0.15, 0.2) is 21.3 Å². The minimum atomic E-state index is -3.45. The lowest BCUT2D eigenvalue weighted by Crippen LogP contribution is -2.14. The average molecular weight is 446 g/mol. The van der Waals surface area contributed by atoms with Crippen molar-refractivity contribution >= 4 is 44.6 Å². The van der Waals surface area contributed by atoms with Crippen LogP contribution in [0, 0.1) is 5.92 Å². The number of carbonyl (C=O) groups is 1. The molecule has 0 saturated heterocycles. The summed E-state index contributed by atoms with van der Waals surface area (Å²) in [5, 5.41) is 3.02. The maximum Gasteiger partial charge on any atom is 0.255 e. The maximum atomic E-state index is 12.7. The van der Waals surface area contributed by atoms with E-state index in [0.29, 0.717) is 18.1 Å². The molecule has 1 amide bonds. The van der Waals surface area contributed by atoms with Crippen molar-refractivity contribution in [3.8, 4) is 11.5 Å². The van der Waals surface area contributed by atoms with Gasteiger partial charge in [0.25, 0.3) is 5.91 Å². The van der Waals surface area contributed by atoms with Crippen LogP contribution in [0.2, 0.25) is 10.0 Å². The van der Waals surface area contributed by atoms with E-state index in [0.717, 1.165) is 6.26 Å². The molecule has 2 aromatic carbocycles. The van der Waals surface area contributed by atoms with Gasteiger partial charge in [-0.15, -0.1) is 0 Å². The fourth-order valence-electron chi connectivity index (χ4n) is 2.27. The third-order valence-electron chi connectivity index (χ3n) is 3.67. The van der Waals surface area contributed by atoms with E-state index in [-0.39, 0.29) is 32.1 Å². The summed E-state index contributed by atoms with van der Waals surface area (Å²) in [4.78, 5) is 12.7. The van der Waals surface area contributed by atoms with Crippen molar-refractivity contribution in [2.75, 3.05) is 25.3 Å². The monoisotopic (exact) mass is 445 g/mol. The third kappa shape index (κ3) is 5.53. The van der Waals surface area contributed by atoms with Crippen molar-refractivity contribution < 1.29 is 22.7 Å². The highest BCUT2D eigenvalue weighted by Gasteiger charge is 2.18. The molecule has 28 heavy (non-hydrogen) atoms. The molecular formula is C19H21Cl2NO5S. The number of nitrogens with one attached hydrogen (secondary N) is 1. The van der Waals surface area contributed by atoms with Crippen LogP contribution < -0.4 is 14.8 Å². The van der Waals surface area contributed by atoms with Gasteiger partial charge < -0.3 is 14.8 Å². The lowest BCUT2D eigenvalue weighted by Gasteiger charge is -2.15. The van der Waals surface area contributed by atoms with Gasteiger partial charge in [-0.05, 0) is 36.2 Å². The van der Waals surface area contributed by atoms with Gasteiger partial charge in [0, 0.05) is 11.8 Å². The standard InChI is InChI=1S/C19H21Cl2NO5S/c1-11(2)10-27-18-15(21)7-12(8-17(18)26-3)19(23)22-16-9-13(28(4,24)25)5-6-14(16)20/h5-9,11H,10H2,1-4H3,(H,22,23). The number of amides is 1. The largest absolute Gasteiger partial charge is 0.493 e. The first kappa shape index (κ1) is 22.3. The van der Waals surface area contributed by atoms with Crippen LogP contribution in [0.15, 0.2) is 35.2 Å². The second-order valence-corrected chi connectivity index (χ2v) is 9.39. The summed E-state index contributed by atoms with van der Waals surface area (Å²) < 4.78 is 34.4. The zero-order valence-electron chi connectivity index (χ0n) is 15.9. The van der Waals surface area contributed by atoms with Crippen molar-refractivity contribution in [2.24, 2.45) is 5.92 Å². The normalized spacial score (nSPS) is 11.4. The second-order valence-electron chi connectivity index (χ2n) is 6.56. The molecule has 0 bridgehead atoms. The van der Waals surface area contributed by atoms with Gasteiger partial charge >= 0.3 is 0 Å². The number of hydrogen-bond donors (Lipinski definition) is 1. The SMILES string of the molecule is COc1cc(C(=O)Nc2cc(S(C)(=O)=O)ccc2Cl)cc(Cl)c1OCC(C)C. The predicted octanol–water partition coefficient (Wildman–Crippen LogP) is 4.69. The maximum absolute atomic E-state index is 12.7. The molecule has 1 N–H and O–H groups in total. The first-order valence-electron chi connectivity index (χ1n) is 8.34. The van der Waals surface area contributed by atoms with Crippen LogP contribution in [0.25, 0.3) is 0 Å².